The number of hydrogen-bond acceptors (Lipinski definition) is 3. The Hall–Kier alpha value is -1.62. The predicted molar refractivity (Wildman–Crippen MR) is 78.4 cm³/mol. The van der Waals surface area contributed by atoms with Crippen LogP contribution in [0.15, 0.2) is 34.6 Å². The maximum absolute atomic E-state index is 11.2. The SMILES string of the molecule is NC(=O)C1CCCCC1.O=S1(=O)C=Cc2ccccc21. The Morgan fingerprint density at radius 2 is 1.75 bits per heavy atom. The molecule has 5 heteroatoms. The zero-order chi connectivity index (χ0) is 14.6. The second-order valence-corrected chi connectivity index (χ2v) is 6.92. The third-order valence-electron chi connectivity index (χ3n) is 3.66. The van der Waals surface area contributed by atoms with Gasteiger partial charge in [-0.05, 0) is 30.5 Å². The minimum absolute atomic E-state index is 0.102. The zero-order valence-electron chi connectivity index (χ0n) is 11.3. The first-order valence-electron chi connectivity index (χ1n) is 6.82. The van der Waals surface area contributed by atoms with Crippen molar-refractivity contribution in [3.05, 3.63) is 35.2 Å². The molecule has 0 spiro atoms. The molecule has 1 aliphatic heterocycles. The van der Waals surface area contributed by atoms with Gasteiger partial charge in [-0.25, -0.2) is 8.42 Å². The molecular weight excluding hydrogens is 274 g/mol. The van der Waals surface area contributed by atoms with E-state index in [4.69, 9.17) is 5.73 Å². The molecule has 0 atom stereocenters. The van der Waals surface area contributed by atoms with E-state index in [9.17, 15) is 13.2 Å². The van der Waals surface area contributed by atoms with Gasteiger partial charge in [0, 0.05) is 11.3 Å². The summed E-state index contributed by atoms with van der Waals surface area (Å²) in [6.45, 7) is 0. The molecule has 0 radical (unpaired) electrons. The van der Waals surface area contributed by atoms with E-state index in [1.54, 1.807) is 24.3 Å². The fourth-order valence-electron chi connectivity index (χ4n) is 2.50. The van der Waals surface area contributed by atoms with E-state index in [1.165, 1.54) is 24.7 Å². The summed E-state index contributed by atoms with van der Waals surface area (Å²) in [6, 6.07) is 6.95. The molecule has 2 N–H and O–H groups in total. The molecule has 1 fully saturated rings. The van der Waals surface area contributed by atoms with E-state index in [0.29, 0.717) is 4.90 Å². The molecule has 1 aromatic carbocycles. The van der Waals surface area contributed by atoms with Gasteiger partial charge < -0.3 is 5.73 Å². The smallest absolute Gasteiger partial charge is 0.220 e. The zero-order valence-corrected chi connectivity index (χ0v) is 12.1. The van der Waals surface area contributed by atoms with E-state index in [-0.39, 0.29) is 11.8 Å². The van der Waals surface area contributed by atoms with Gasteiger partial charge in [-0.15, -0.1) is 0 Å². The lowest BCUT2D eigenvalue weighted by Gasteiger charge is -2.17. The molecule has 0 unspecified atom stereocenters. The first kappa shape index (κ1) is 14.8. The number of sulfone groups is 1. The second-order valence-electron chi connectivity index (χ2n) is 5.12. The van der Waals surface area contributed by atoms with Gasteiger partial charge >= 0.3 is 0 Å². The Bertz CT molecular complexity index is 614. The normalized spacial score (nSPS) is 19.8. The minimum Gasteiger partial charge on any atom is -0.369 e. The van der Waals surface area contributed by atoms with Crippen LogP contribution in [0.4, 0.5) is 0 Å². The molecular formula is C15H19NO3S. The van der Waals surface area contributed by atoms with Crippen molar-refractivity contribution in [2.24, 2.45) is 11.7 Å². The average Bonchev–Trinajstić information content (AvgIpc) is 2.77. The summed E-state index contributed by atoms with van der Waals surface area (Å²) in [5, 5.41) is 1.23. The van der Waals surface area contributed by atoms with E-state index < -0.39 is 9.84 Å². The molecule has 4 nitrogen and oxygen atoms in total. The number of nitrogens with two attached hydrogens (primary N) is 1. The molecule has 108 valence electrons. The van der Waals surface area contributed by atoms with E-state index >= 15 is 0 Å². The van der Waals surface area contributed by atoms with Gasteiger partial charge in [0.25, 0.3) is 0 Å². The van der Waals surface area contributed by atoms with Gasteiger partial charge in [0.1, 0.15) is 0 Å². The maximum Gasteiger partial charge on any atom is 0.220 e. The van der Waals surface area contributed by atoms with Crippen LogP contribution in [0.2, 0.25) is 0 Å². The monoisotopic (exact) mass is 293 g/mol. The highest BCUT2D eigenvalue weighted by molar-refractivity contribution is 7.94. The third kappa shape index (κ3) is 3.48. The number of primary amides is 1. The Morgan fingerprint density at radius 3 is 2.30 bits per heavy atom. The molecule has 20 heavy (non-hydrogen) atoms. The molecule has 1 heterocycles. The highest BCUT2D eigenvalue weighted by Gasteiger charge is 2.18. The summed E-state index contributed by atoms with van der Waals surface area (Å²) in [6.07, 6.45) is 7.32. The van der Waals surface area contributed by atoms with E-state index in [0.717, 1.165) is 18.4 Å². The van der Waals surface area contributed by atoms with Crippen molar-refractivity contribution < 1.29 is 13.2 Å². The molecule has 1 aliphatic carbocycles. The first-order valence-corrected chi connectivity index (χ1v) is 8.37. The number of benzene rings is 1. The number of fused-ring (bicyclic) bond motifs is 1. The molecule has 1 saturated carbocycles. The first-order chi connectivity index (χ1) is 9.50. The van der Waals surface area contributed by atoms with Gasteiger partial charge in [0.05, 0.1) is 4.90 Å². The highest BCUT2D eigenvalue weighted by atomic mass is 32.2. The van der Waals surface area contributed by atoms with Crippen LogP contribution in [-0.2, 0) is 14.6 Å². The lowest BCUT2D eigenvalue weighted by molar-refractivity contribution is -0.122. The Morgan fingerprint density at radius 1 is 1.10 bits per heavy atom. The third-order valence-corrected chi connectivity index (χ3v) is 5.14. The molecule has 0 bridgehead atoms. The summed E-state index contributed by atoms with van der Waals surface area (Å²) < 4.78 is 22.3. The lowest BCUT2D eigenvalue weighted by atomic mass is 9.89. The van der Waals surface area contributed by atoms with Crippen molar-refractivity contribution in [2.45, 2.75) is 37.0 Å². The van der Waals surface area contributed by atoms with Crippen LogP contribution in [-0.4, -0.2) is 14.3 Å². The summed E-state index contributed by atoms with van der Waals surface area (Å²) in [7, 11) is -3.09. The molecule has 0 aromatic heterocycles. The number of carbonyl (C=O) groups is 1. The van der Waals surface area contributed by atoms with Crippen LogP contribution in [0.5, 0.6) is 0 Å². The van der Waals surface area contributed by atoms with Crippen molar-refractivity contribution in [3.8, 4) is 0 Å². The Labute approximate surface area is 119 Å². The predicted octanol–water partition coefficient (Wildman–Crippen LogP) is 2.50. The number of carbonyl (C=O) groups excluding carboxylic acids is 1. The standard InChI is InChI=1S/C8H6O2S.C7H13NO/c9-11(10)6-5-7-3-1-2-4-8(7)11;8-7(9)6-4-2-1-3-5-6/h1-6H;6H,1-5H2,(H2,8,9). The van der Waals surface area contributed by atoms with Gasteiger partial charge in [-0.3, -0.25) is 4.79 Å². The van der Waals surface area contributed by atoms with Crippen LogP contribution in [0, 0.1) is 5.92 Å². The van der Waals surface area contributed by atoms with Crippen molar-refractivity contribution in [1.29, 1.82) is 0 Å². The fraction of sp³-hybridized carbons (Fsp3) is 0.400. The minimum atomic E-state index is -3.09. The molecule has 1 aromatic rings. The fourth-order valence-corrected chi connectivity index (χ4v) is 3.71. The van der Waals surface area contributed by atoms with Crippen molar-refractivity contribution >= 4 is 21.8 Å². The largest absolute Gasteiger partial charge is 0.369 e. The summed E-state index contributed by atoms with van der Waals surface area (Å²) in [4.78, 5) is 11.0. The molecule has 0 saturated heterocycles. The summed E-state index contributed by atoms with van der Waals surface area (Å²) >= 11 is 0. The van der Waals surface area contributed by atoms with Crippen molar-refractivity contribution in [1.82, 2.24) is 0 Å². The van der Waals surface area contributed by atoms with Gasteiger partial charge in [0.2, 0.25) is 5.91 Å². The van der Waals surface area contributed by atoms with Crippen LogP contribution in [0.3, 0.4) is 0 Å². The maximum atomic E-state index is 11.2. The van der Waals surface area contributed by atoms with Crippen molar-refractivity contribution in [2.75, 3.05) is 0 Å². The van der Waals surface area contributed by atoms with Crippen LogP contribution < -0.4 is 5.73 Å². The molecule has 3 rings (SSSR count). The number of hydrogen-bond donors (Lipinski definition) is 1. The van der Waals surface area contributed by atoms with Gasteiger partial charge in [0.15, 0.2) is 9.84 Å². The number of rotatable bonds is 1. The molecule has 2 aliphatic rings. The van der Waals surface area contributed by atoms with Gasteiger partial charge in [-0.1, -0.05) is 37.5 Å². The summed E-state index contributed by atoms with van der Waals surface area (Å²) in [5.74, 6) is 0.0912. The summed E-state index contributed by atoms with van der Waals surface area (Å²) in [5.41, 5.74) is 5.91. The number of amides is 1. The quantitative estimate of drug-likeness (QED) is 0.864. The van der Waals surface area contributed by atoms with E-state index in [2.05, 4.69) is 0 Å². The second kappa shape index (κ2) is 6.22. The van der Waals surface area contributed by atoms with E-state index in [1.807, 2.05) is 6.07 Å². The molecule has 1 amide bonds. The van der Waals surface area contributed by atoms with Crippen LogP contribution in [0.25, 0.3) is 6.08 Å². The van der Waals surface area contributed by atoms with Crippen molar-refractivity contribution in [3.63, 3.8) is 0 Å². The Balaban J connectivity index is 0.000000151. The van der Waals surface area contributed by atoms with Crippen LogP contribution >= 0.6 is 0 Å². The lowest BCUT2D eigenvalue weighted by Crippen LogP contribution is -2.24. The highest BCUT2D eigenvalue weighted by Crippen LogP contribution is 2.25. The average molecular weight is 293 g/mol. The van der Waals surface area contributed by atoms with Gasteiger partial charge in [-0.2, -0.15) is 0 Å². The topological polar surface area (TPSA) is 77.2 Å². The van der Waals surface area contributed by atoms with Crippen LogP contribution in [0.1, 0.15) is 37.7 Å². The Kier molecular flexibility index (Phi) is 4.60.